The molecule has 0 aromatic heterocycles. The number of aliphatic imine (C=N–C) groups is 2. The fraction of sp³-hybridized carbons (Fsp3) is 0.171. The molecule has 2 heterocycles. The van der Waals surface area contributed by atoms with Gasteiger partial charge >= 0.3 is 58.2 Å². The second kappa shape index (κ2) is 30.4. The van der Waals surface area contributed by atoms with Crippen molar-refractivity contribution in [2.24, 2.45) is 9.98 Å². The summed E-state index contributed by atoms with van der Waals surface area (Å²) in [6, 6.07) is 42.7. The Hall–Kier alpha value is -3.28. The number of hydrogen-bond donors (Lipinski definition) is 0. The second-order valence-electron chi connectivity index (χ2n) is 9.26. The first-order valence-electron chi connectivity index (χ1n) is 14.4. The van der Waals surface area contributed by atoms with Crippen LogP contribution in [0.5, 0.6) is 0 Å². The SMILES string of the molecule is F[B-](F)(F)F.[C-]#[O+].[C-]#[O+].[C-]#[O+].[Cu+].[Fe].c1ccc(P(CC2=NCCO2)c2ccccc2)cc1.c1ccc(P(CC2=NCCO2)c2ccccc2)cc1. The smallest absolute Gasteiger partial charge is 0.479 e. The van der Waals surface area contributed by atoms with Gasteiger partial charge in [-0.25, -0.2) is 0 Å². The van der Waals surface area contributed by atoms with Crippen molar-refractivity contribution in [2.45, 2.75) is 0 Å². The Morgan fingerprint density at radius 2 is 0.725 bits per heavy atom. The molecular formula is C35H32BCuF4FeN2O5P2. The number of ether oxygens (including phenoxy) is 2. The van der Waals surface area contributed by atoms with Crippen LogP contribution < -0.4 is 21.2 Å². The minimum absolute atomic E-state index is 0. The Bertz CT molecular complexity index is 1390. The van der Waals surface area contributed by atoms with Crippen molar-refractivity contribution in [3.8, 4) is 0 Å². The maximum atomic E-state index is 9.75. The first kappa shape index (κ1) is 49.8. The van der Waals surface area contributed by atoms with Gasteiger partial charge in [-0.3, -0.25) is 9.98 Å². The molecule has 0 unspecified atom stereocenters. The molecule has 6 rings (SSSR count). The van der Waals surface area contributed by atoms with E-state index < -0.39 is 23.1 Å². The van der Waals surface area contributed by atoms with Crippen LogP contribution in [0.3, 0.4) is 0 Å². The standard InChI is InChI=1S/2C16H16NOP.3CO.BF4.Cu.Fe/c2*1-3-7-14(8-4-1)19(13-16-17-11-12-18-16)15-9-5-2-6-10-15;3*1-2;2-1(3,4)5;;/h2*1-10H,11-13H2;;;;;;/q;;;;;-1;+1;. The van der Waals surface area contributed by atoms with Crippen molar-refractivity contribution in [2.75, 3.05) is 38.6 Å². The molecule has 4 aromatic carbocycles. The van der Waals surface area contributed by atoms with E-state index >= 15 is 0 Å². The molecule has 0 N–H and O–H groups in total. The van der Waals surface area contributed by atoms with Gasteiger partial charge in [0.15, 0.2) is 11.8 Å². The molecule has 2 aliphatic rings. The zero-order valence-corrected chi connectivity index (χ0v) is 30.7. The topological polar surface area (TPSA) is 103 Å². The van der Waals surface area contributed by atoms with E-state index in [-0.39, 0.29) is 34.1 Å². The third kappa shape index (κ3) is 21.0. The van der Waals surface area contributed by atoms with Crippen LogP contribution in [0.15, 0.2) is 131 Å². The van der Waals surface area contributed by atoms with Crippen molar-refractivity contribution in [1.82, 2.24) is 0 Å². The van der Waals surface area contributed by atoms with Gasteiger partial charge in [-0.2, -0.15) is 0 Å². The van der Waals surface area contributed by atoms with Gasteiger partial charge in [0.25, 0.3) is 0 Å². The summed E-state index contributed by atoms with van der Waals surface area (Å²) in [6.07, 6.45) is 1.81. The van der Waals surface area contributed by atoms with Crippen LogP contribution in [0, 0.1) is 20.0 Å². The first-order valence-corrected chi connectivity index (χ1v) is 17.5. The van der Waals surface area contributed by atoms with Gasteiger partial charge in [0, 0.05) is 17.1 Å². The molecule has 0 saturated heterocycles. The number of benzene rings is 4. The molecule has 0 fully saturated rings. The summed E-state index contributed by atoms with van der Waals surface area (Å²) in [7, 11) is -6.84. The van der Waals surface area contributed by atoms with E-state index in [4.69, 9.17) is 23.4 Å². The van der Waals surface area contributed by atoms with Gasteiger partial charge < -0.3 is 26.7 Å². The first-order chi connectivity index (χ1) is 23.9. The van der Waals surface area contributed by atoms with Gasteiger partial charge in [-0.1, -0.05) is 121 Å². The molecule has 0 saturated carbocycles. The molecule has 0 aliphatic carbocycles. The van der Waals surface area contributed by atoms with Crippen LogP contribution in [-0.4, -0.2) is 57.7 Å². The molecule has 0 radical (unpaired) electrons. The minimum atomic E-state index is -6.00. The van der Waals surface area contributed by atoms with Gasteiger partial charge in [0.1, 0.15) is 13.2 Å². The number of nitrogens with zero attached hydrogens (tertiary/aromatic N) is 2. The van der Waals surface area contributed by atoms with Crippen molar-refractivity contribution in [1.29, 1.82) is 0 Å². The summed E-state index contributed by atoms with van der Waals surface area (Å²) in [5.74, 6) is 1.83. The van der Waals surface area contributed by atoms with Gasteiger partial charge in [-0.05, 0) is 37.1 Å². The summed E-state index contributed by atoms with van der Waals surface area (Å²) >= 11 is 0. The number of halogens is 4. The van der Waals surface area contributed by atoms with Crippen LogP contribution in [0.4, 0.5) is 17.3 Å². The molecule has 0 bridgehead atoms. The van der Waals surface area contributed by atoms with E-state index in [9.17, 15) is 17.3 Å². The quantitative estimate of drug-likeness (QED) is 0.0687. The predicted octanol–water partition coefficient (Wildman–Crippen LogP) is 6.28. The number of rotatable bonds is 8. The maximum absolute atomic E-state index is 9.75. The molecule has 0 amide bonds. The van der Waals surface area contributed by atoms with E-state index in [2.05, 4.69) is 151 Å². The average molecular weight is 829 g/mol. The molecule has 51 heavy (non-hydrogen) atoms. The molecule has 16 heteroatoms. The molecule has 4 aromatic rings. The van der Waals surface area contributed by atoms with Crippen LogP contribution in [0.25, 0.3) is 0 Å². The van der Waals surface area contributed by atoms with Gasteiger partial charge in [-0.15, -0.1) is 0 Å². The molecule has 272 valence electrons. The molecule has 0 atom stereocenters. The van der Waals surface area contributed by atoms with E-state index in [1.807, 2.05) is 0 Å². The van der Waals surface area contributed by atoms with Crippen molar-refractivity contribution >= 4 is 56.1 Å². The van der Waals surface area contributed by atoms with E-state index in [1.54, 1.807) is 0 Å². The largest absolute Gasteiger partial charge is 1.00 e. The third-order valence-corrected chi connectivity index (χ3v) is 11.0. The molecule has 7 nitrogen and oxygen atoms in total. The normalized spacial score (nSPS) is 11.9. The van der Waals surface area contributed by atoms with Gasteiger partial charge in [0.2, 0.25) is 0 Å². The minimum Gasteiger partial charge on any atom is -0.479 e. The van der Waals surface area contributed by atoms with E-state index in [0.29, 0.717) is 0 Å². The average Bonchev–Trinajstić information content (AvgIpc) is 3.88. The zero-order chi connectivity index (χ0) is 36.3. The van der Waals surface area contributed by atoms with E-state index in [0.717, 1.165) is 50.4 Å². The van der Waals surface area contributed by atoms with E-state index in [1.165, 1.54) is 21.2 Å². The summed E-state index contributed by atoms with van der Waals surface area (Å²) in [5.41, 5.74) is 0. The van der Waals surface area contributed by atoms with Crippen LogP contribution in [0.2, 0.25) is 0 Å². The Labute approximate surface area is 319 Å². The summed E-state index contributed by atoms with van der Waals surface area (Å²) < 4.78 is 72.7. The Kier molecular flexibility index (Phi) is 29.7. The maximum Gasteiger partial charge on any atom is 1.00 e. The predicted molar refractivity (Wildman–Crippen MR) is 186 cm³/mol. The summed E-state index contributed by atoms with van der Waals surface area (Å²) in [4.78, 5) is 8.87. The summed E-state index contributed by atoms with van der Waals surface area (Å²) in [6.45, 7) is 16.6. The zero-order valence-electron chi connectivity index (χ0n) is 26.9. The second-order valence-corrected chi connectivity index (χ2v) is 13.7. The van der Waals surface area contributed by atoms with Crippen LogP contribution >= 0.6 is 15.8 Å². The molecule has 2 aliphatic heterocycles. The van der Waals surface area contributed by atoms with Crippen molar-refractivity contribution in [3.05, 3.63) is 141 Å². The van der Waals surface area contributed by atoms with Crippen molar-refractivity contribution < 1.29 is 74.8 Å². The van der Waals surface area contributed by atoms with Crippen LogP contribution in [0.1, 0.15) is 0 Å². The third-order valence-electron chi connectivity index (χ3n) is 6.15. The summed E-state index contributed by atoms with van der Waals surface area (Å²) in [5, 5.41) is 5.51. The Morgan fingerprint density at radius 1 is 0.510 bits per heavy atom. The molecule has 0 spiro atoms. The monoisotopic (exact) mass is 828 g/mol. The van der Waals surface area contributed by atoms with Gasteiger partial charge in [0.05, 0.1) is 25.4 Å². The van der Waals surface area contributed by atoms with Crippen LogP contribution in [-0.2, 0) is 57.6 Å². The Morgan fingerprint density at radius 3 is 0.902 bits per heavy atom. The van der Waals surface area contributed by atoms with Crippen molar-refractivity contribution in [3.63, 3.8) is 0 Å². The fourth-order valence-electron chi connectivity index (χ4n) is 4.32. The number of hydrogen-bond acceptors (Lipinski definition) is 4. The Balaban J connectivity index is 0. The fourth-order valence-corrected chi connectivity index (χ4v) is 8.69. The molecular weight excluding hydrogens is 797 g/mol.